The number of carbonyl (C=O) groups is 1. The highest BCUT2D eigenvalue weighted by atomic mass is 32.1. The first-order valence-electron chi connectivity index (χ1n) is 11.1. The van der Waals surface area contributed by atoms with E-state index in [0.717, 1.165) is 24.8 Å². The van der Waals surface area contributed by atoms with Crippen LogP contribution in [0.4, 0.5) is 10.7 Å². The number of nitro benzene ring substituents is 1. The summed E-state index contributed by atoms with van der Waals surface area (Å²) in [7, 11) is 0. The molecule has 0 spiro atoms. The second-order valence-electron chi connectivity index (χ2n) is 9.47. The summed E-state index contributed by atoms with van der Waals surface area (Å²) in [6.45, 7) is 6.71. The molecule has 2 heterocycles. The Labute approximate surface area is 212 Å². The lowest BCUT2D eigenvalue weighted by molar-refractivity contribution is -0.384. The fraction of sp³-hybridized carbons (Fsp3) is 0.320. The van der Waals surface area contributed by atoms with Crippen LogP contribution >= 0.6 is 23.6 Å². The van der Waals surface area contributed by atoms with Crippen molar-refractivity contribution in [1.82, 2.24) is 5.32 Å². The standard InChI is InChI=1S/C25H24N4O4S2/c1-25(2,3)14-8-9-15-17(13-26)23(35-21(15)12-14)28-24(34)27-22(30)20-11-10-19(33-20)16-6-4-5-7-18(16)29(31)32/h4-7,10-11,14H,8-9,12H2,1-3H3,(H2,27,28,30,34). The number of fused-ring (bicyclic) bond motifs is 1. The molecule has 1 unspecified atom stereocenters. The van der Waals surface area contributed by atoms with Crippen molar-refractivity contribution < 1.29 is 14.1 Å². The minimum absolute atomic E-state index is 0.0405. The van der Waals surface area contributed by atoms with Crippen molar-refractivity contribution in [2.45, 2.75) is 40.0 Å². The second kappa shape index (κ2) is 9.60. The van der Waals surface area contributed by atoms with Gasteiger partial charge in [-0.2, -0.15) is 5.26 Å². The number of rotatable bonds is 4. The van der Waals surface area contributed by atoms with Gasteiger partial charge in [0.05, 0.1) is 16.1 Å². The maximum Gasteiger partial charge on any atom is 0.293 e. The summed E-state index contributed by atoms with van der Waals surface area (Å²) in [4.78, 5) is 24.6. The van der Waals surface area contributed by atoms with Gasteiger partial charge in [-0.15, -0.1) is 11.3 Å². The molecule has 35 heavy (non-hydrogen) atoms. The predicted molar refractivity (Wildman–Crippen MR) is 138 cm³/mol. The molecule has 1 atom stereocenters. The van der Waals surface area contributed by atoms with Gasteiger partial charge >= 0.3 is 0 Å². The summed E-state index contributed by atoms with van der Waals surface area (Å²) in [5.41, 5.74) is 1.98. The molecule has 0 saturated heterocycles. The molecule has 0 fully saturated rings. The number of nitriles is 1. The Bertz CT molecular complexity index is 1360. The van der Waals surface area contributed by atoms with Crippen LogP contribution in [0.15, 0.2) is 40.8 Å². The monoisotopic (exact) mass is 508 g/mol. The van der Waals surface area contributed by atoms with Crippen molar-refractivity contribution in [2.75, 3.05) is 5.32 Å². The van der Waals surface area contributed by atoms with Crippen molar-refractivity contribution in [1.29, 1.82) is 5.26 Å². The van der Waals surface area contributed by atoms with Crippen LogP contribution in [-0.4, -0.2) is 15.9 Å². The van der Waals surface area contributed by atoms with Crippen LogP contribution in [-0.2, 0) is 12.8 Å². The molecule has 1 amide bonds. The Kier molecular flexibility index (Phi) is 6.74. The topological polar surface area (TPSA) is 121 Å². The fourth-order valence-corrected chi connectivity index (χ4v) is 5.82. The molecule has 8 nitrogen and oxygen atoms in total. The largest absolute Gasteiger partial charge is 0.451 e. The molecule has 2 aromatic heterocycles. The number of para-hydroxylation sites is 1. The van der Waals surface area contributed by atoms with Crippen LogP contribution in [0.25, 0.3) is 11.3 Å². The fourth-order valence-electron chi connectivity index (χ4n) is 4.28. The lowest BCUT2D eigenvalue weighted by Gasteiger charge is -2.33. The van der Waals surface area contributed by atoms with Crippen LogP contribution in [0, 0.1) is 32.8 Å². The van der Waals surface area contributed by atoms with E-state index < -0.39 is 10.8 Å². The first-order chi connectivity index (χ1) is 16.6. The van der Waals surface area contributed by atoms with E-state index in [2.05, 4.69) is 37.5 Å². The molecule has 1 aromatic carbocycles. The molecule has 0 aliphatic heterocycles. The van der Waals surface area contributed by atoms with E-state index in [-0.39, 0.29) is 33.3 Å². The van der Waals surface area contributed by atoms with Gasteiger partial charge in [-0.1, -0.05) is 32.9 Å². The van der Waals surface area contributed by atoms with Gasteiger partial charge in [0.25, 0.3) is 11.6 Å². The van der Waals surface area contributed by atoms with Gasteiger partial charge in [-0.3, -0.25) is 20.2 Å². The summed E-state index contributed by atoms with van der Waals surface area (Å²) >= 11 is 6.82. The summed E-state index contributed by atoms with van der Waals surface area (Å²) in [6, 6.07) is 11.4. The number of nitro groups is 1. The zero-order chi connectivity index (χ0) is 25.3. The Morgan fingerprint density at radius 3 is 2.71 bits per heavy atom. The number of carbonyl (C=O) groups excluding carboxylic acids is 1. The number of anilines is 1. The van der Waals surface area contributed by atoms with Gasteiger partial charge in [0, 0.05) is 10.9 Å². The lowest BCUT2D eigenvalue weighted by Crippen LogP contribution is -2.33. The predicted octanol–water partition coefficient (Wildman–Crippen LogP) is 6.07. The Morgan fingerprint density at radius 2 is 2.03 bits per heavy atom. The molecule has 4 rings (SSSR count). The molecule has 10 heteroatoms. The zero-order valence-electron chi connectivity index (χ0n) is 19.5. The van der Waals surface area contributed by atoms with Crippen LogP contribution in [0.3, 0.4) is 0 Å². The molecule has 0 saturated carbocycles. The van der Waals surface area contributed by atoms with Gasteiger partial charge < -0.3 is 9.73 Å². The molecule has 180 valence electrons. The van der Waals surface area contributed by atoms with E-state index in [1.54, 1.807) is 18.2 Å². The average Bonchev–Trinajstić information content (AvgIpc) is 3.42. The third-order valence-electron chi connectivity index (χ3n) is 6.25. The van der Waals surface area contributed by atoms with Gasteiger partial charge in [0.15, 0.2) is 10.9 Å². The number of thiophene rings is 1. The van der Waals surface area contributed by atoms with E-state index in [4.69, 9.17) is 16.6 Å². The Balaban J connectivity index is 1.47. The van der Waals surface area contributed by atoms with Crippen molar-refractivity contribution >= 4 is 45.3 Å². The maximum absolute atomic E-state index is 12.7. The number of hydrogen-bond donors (Lipinski definition) is 2. The first-order valence-corrected chi connectivity index (χ1v) is 12.3. The normalized spacial score (nSPS) is 15.1. The number of nitrogens with one attached hydrogen (secondary N) is 2. The van der Waals surface area contributed by atoms with E-state index in [9.17, 15) is 20.2 Å². The Morgan fingerprint density at radius 1 is 1.29 bits per heavy atom. The molecular formula is C25H24N4O4S2. The third-order valence-corrected chi connectivity index (χ3v) is 7.63. The number of thiocarbonyl (C=S) groups is 1. The van der Waals surface area contributed by atoms with Gasteiger partial charge in [0.2, 0.25) is 0 Å². The summed E-state index contributed by atoms with van der Waals surface area (Å²) < 4.78 is 5.57. The lowest BCUT2D eigenvalue weighted by atomic mass is 9.72. The van der Waals surface area contributed by atoms with Crippen LogP contribution in [0.1, 0.15) is 53.8 Å². The summed E-state index contributed by atoms with van der Waals surface area (Å²) in [5, 5.41) is 27.3. The van der Waals surface area contributed by atoms with Crippen molar-refractivity contribution in [3.05, 3.63) is 68.3 Å². The van der Waals surface area contributed by atoms with E-state index in [0.29, 0.717) is 16.5 Å². The molecule has 2 N–H and O–H groups in total. The zero-order valence-corrected chi connectivity index (χ0v) is 21.1. The molecular weight excluding hydrogens is 484 g/mol. The van der Waals surface area contributed by atoms with Gasteiger partial charge in [0.1, 0.15) is 16.8 Å². The number of hydrogen-bond acceptors (Lipinski definition) is 7. The molecule has 3 aromatic rings. The van der Waals surface area contributed by atoms with Crippen molar-refractivity contribution in [3.8, 4) is 17.4 Å². The average molecular weight is 509 g/mol. The first kappa shape index (κ1) is 24.6. The SMILES string of the molecule is CC(C)(C)C1CCc2c(sc(NC(=S)NC(=O)c3ccc(-c4ccccc4[N+](=O)[O-])o3)c2C#N)C1. The molecule has 0 bridgehead atoms. The highest BCUT2D eigenvalue weighted by Gasteiger charge is 2.32. The number of benzene rings is 1. The number of nitrogens with zero attached hydrogens (tertiary/aromatic N) is 2. The quantitative estimate of drug-likeness (QED) is 0.249. The number of amides is 1. The highest BCUT2D eigenvalue weighted by Crippen LogP contribution is 2.44. The Hall–Kier alpha value is -3.55. The number of furan rings is 1. The maximum atomic E-state index is 12.7. The minimum Gasteiger partial charge on any atom is -0.451 e. The smallest absolute Gasteiger partial charge is 0.293 e. The summed E-state index contributed by atoms with van der Waals surface area (Å²) in [6.07, 6.45) is 2.79. The third kappa shape index (κ3) is 5.11. The summed E-state index contributed by atoms with van der Waals surface area (Å²) in [5.74, 6) is 0.0990. The van der Waals surface area contributed by atoms with Gasteiger partial charge in [-0.05, 0) is 66.6 Å². The van der Waals surface area contributed by atoms with Crippen LogP contribution in [0.2, 0.25) is 0 Å². The van der Waals surface area contributed by atoms with Crippen molar-refractivity contribution in [3.63, 3.8) is 0 Å². The van der Waals surface area contributed by atoms with Crippen molar-refractivity contribution in [2.24, 2.45) is 11.3 Å². The van der Waals surface area contributed by atoms with E-state index >= 15 is 0 Å². The van der Waals surface area contributed by atoms with Gasteiger partial charge in [-0.25, -0.2) is 0 Å². The van der Waals surface area contributed by atoms with E-state index in [1.807, 2.05) is 0 Å². The van der Waals surface area contributed by atoms with Crippen LogP contribution < -0.4 is 10.6 Å². The van der Waals surface area contributed by atoms with E-state index in [1.165, 1.54) is 34.4 Å². The second-order valence-corrected chi connectivity index (χ2v) is 11.0. The minimum atomic E-state index is -0.597. The highest BCUT2D eigenvalue weighted by molar-refractivity contribution is 7.80. The van der Waals surface area contributed by atoms with Crippen LogP contribution in [0.5, 0.6) is 0 Å². The molecule has 1 aliphatic rings. The molecule has 1 aliphatic carbocycles. The molecule has 0 radical (unpaired) electrons.